The number of piperazine rings is 1. The van der Waals surface area contributed by atoms with Gasteiger partial charge in [-0.05, 0) is 103 Å². The van der Waals surface area contributed by atoms with Crippen LogP contribution in [0.25, 0.3) is 22.3 Å². The Bertz CT molecular complexity index is 3000. The number of amides is 5. The number of halogens is 1. The third kappa shape index (κ3) is 9.68. The van der Waals surface area contributed by atoms with E-state index in [1.807, 2.05) is 27.0 Å². The molecule has 4 saturated heterocycles. The largest absolute Gasteiger partial charge is 0.439 e. The lowest BCUT2D eigenvalue weighted by molar-refractivity contribution is -0.136. The van der Waals surface area contributed by atoms with E-state index in [1.54, 1.807) is 29.0 Å². The van der Waals surface area contributed by atoms with Gasteiger partial charge >= 0.3 is 12.1 Å². The van der Waals surface area contributed by atoms with Gasteiger partial charge in [0.2, 0.25) is 5.91 Å². The highest BCUT2D eigenvalue weighted by molar-refractivity contribution is 6.18. The Balaban J connectivity index is 0.689. The van der Waals surface area contributed by atoms with Gasteiger partial charge in [-0.25, -0.2) is 33.9 Å². The Hall–Kier alpha value is -7.30. The molecule has 1 saturated carbocycles. The van der Waals surface area contributed by atoms with Crippen molar-refractivity contribution in [2.24, 2.45) is 13.0 Å². The van der Waals surface area contributed by atoms with Crippen LogP contribution in [0.5, 0.6) is 0 Å². The van der Waals surface area contributed by atoms with Gasteiger partial charge in [0.05, 0.1) is 22.5 Å². The van der Waals surface area contributed by atoms with E-state index in [1.165, 1.54) is 15.9 Å². The number of imide groups is 1. The summed E-state index contributed by atoms with van der Waals surface area (Å²) in [6.45, 7) is 15.0. The molecular formula is C51H65FN16O6. The number of likely N-dealkylation sites (tertiary alicyclic amines) is 2. The van der Waals surface area contributed by atoms with E-state index < -0.39 is 17.9 Å². The average molecular weight is 1020 g/mol. The molecule has 5 aliphatic rings. The number of nitrogen functional groups attached to an aromatic ring is 1. The third-order valence-electron chi connectivity index (χ3n) is 15.7. The number of benzene rings is 1. The molecule has 0 atom stereocenters. The van der Waals surface area contributed by atoms with Crippen LogP contribution >= 0.6 is 0 Å². The molecule has 5 aromatic rings. The van der Waals surface area contributed by atoms with Crippen LogP contribution in [0.15, 0.2) is 29.2 Å². The molecule has 4 aromatic heterocycles. The highest BCUT2D eigenvalue weighted by Crippen LogP contribution is 2.46. The highest BCUT2D eigenvalue weighted by Gasteiger charge is 2.41. The number of urea groups is 1. The third-order valence-corrected chi connectivity index (χ3v) is 15.7. The predicted octanol–water partition coefficient (Wildman–Crippen LogP) is 5.55. The van der Waals surface area contributed by atoms with Crippen LogP contribution < -0.4 is 26.2 Å². The second-order valence-corrected chi connectivity index (χ2v) is 21.0. The van der Waals surface area contributed by atoms with Crippen molar-refractivity contribution in [3.8, 4) is 11.4 Å². The Kier molecular flexibility index (Phi) is 13.7. The number of nitrogens with zero attached hydrogens (tertiary/aromatic N) is 12. The average Bonchev–Trinajstić information content (AvgIpc) is 4.04. The van der Waals surface area contributed by atoms with Gasteiger partial charge in [0.15, 0.2) is 29.8 Å². The Labute approximate surface area is 428 Å². The molecule has 0 bridgehead atoms. The van der Waals surface area contributed by atoms with Crippen molar-refractivity contribution in [2.75, 3.05) is 86.4 Å². The van der Waals surface area contributed by atoms with Crippen LogP contribution in [0, 0.1) is 24.1 Å². The first kappa shape index (κ1) is 50.2. The molecule has 0 spiro atoms. The van der Waals surface area contributed by atoms with Crippen molar-refractivity contribution in [3.05, 3.63) is 58.7 Å². The molecule has 10 rings (SSSR count). The zero-order valence-corrected chi connectivity index (χ0v) is 42.9. The number of hydrogen-bond acceptors (Lipinski definition) is 17. The Morgan fingerprint density at radius 3 is 2.35 bits per heavy atom. The van der Waals surface area contributed by atoms with Crippen molar-refractivity contribution in [1.29, 1.82) is 5.41 Å². The maximum absolute atomic E-state index is 16.3. The summed E-state index contributed by atoms with van der Waals surface area (Å²) < 4.78 is 29.2. The van der Waals surface area contributed by atoms with E-state index in [4.69, 9.17) is 25.0 Å². The molecule has 22 nitrogen and oxygen atoms in total. The molecule has 8 heterocycles. The molecule has 4 aliphatic heterocycles. The maximum atomic E-state index is 16.3. The van der Waals surface area contributed by atoms with Gasteiger partial charge in [-0.2, -0.15) is 5.10 Å². The van der Waals surface area contributed by atoms with Gasteiger partial charge in [-0.15, -0.1) is 0 Å². The summed E-state index contributed by atoms with van der Waals surface area (Å²) in [5.74, 6) is 1.60. The minimum Gasteiger partial charge on any atom is -0.439 e. The fraction of sp³-hybridized carbons (Fsp3) is 0.549. The minimum absolute atomic E-state index is 0.0135. The summed E-state index contributed by atoms with van der Waals surface area (Å²) in [5, 5.41) is 24.1. The van der Waals surface area contributed by atoms with Gasteiger partial charge in [0.25, 0.3) is 5.91 Å². The lowest BCUT2D eigenvalue weighted by Gasteiger charge is -2.50. The number of piperidine rings is 2. The number of nitrogens with one attached hydrogen (secondary N) is 3. The van der Waals surface area contributed by atoms with Crippen molar-refractivity contribution < 1.29 is 32.8 Å². The second kappa shape index (κ2) is 20.2. The summed E-state index contributed by atoms with van der Waals surface area (Å²) in [4.78, 5) is 78.6. The molecule has 1 aliphatic carbocycles. The van der Waals surface area contributed by atoms with E-state index in [0.717, 1.165) is 50.0 Å². The predicted molar refractivity (Wildman–Crippen MR) is 274 cm³/mol. The fourth-order valence-corrected chi connectivity index (χ4v) is 11.3. The minimum atomic E-state index is -0.566. The number of fused-ring (bicyclic) bond motifs is 1. The Morgan fingerprint density at radius 1 is 0.959 bits per heavy atom. The zero-order chi connectivity index (χ0) is 52.2. The maximum Gasteiger partial charge on any atom is 0.410 e. The van der Waals surface area contributed by atoms with Crippen LogP contribution in [-0.4, -0.2) is 156 Å². The summed E-state index contributed by atoms with van der Waals surface area (Å²) in [5.41, 5.74) is 9.88. The first-order chi connectivity index (χ1) is 35.5. The van der Waals surface area contributed by atoms with E-state index in [0.29, 0.717) is 109 Å². The standard InChI is InChI=1S/C51H65FN16O6/c1-28(2)58-46-38(45(54)56-27-57-46)41(53)42-39(44(74-62-42)31-7-8-31)47-55-25-34(29(3)59-47)30-11-16-66(17-12-30)50(72)73-26-37(70)65-18-13-32(14-19-65)51(4,5)67-23-21-64(22-24-67)35-10-9-33-43(40(35)52)63(6)61-48(33)68-20-15-36(69)60-49(68)71/h9-10,25,27-28,30-32,53H,7-8,11-24,26H2,1-6H3,(H,60,69,71)(H3,54,56,57,58). The van der Waals surface area contributed by atoms with Crippen molar-refractivity contribution in [2.45, 2.75) is 103 Å². The van der Waals surface area contributed by atoms with E-state index in [-0.39, 0.29) is 72.0 Å². The van der Waals surface area contributed by atoms with Gasteiger partial charge in [-0.1, -0.05) is 5.16 Å². The van der Waals surface area contributed by atoms with Gasteiger partial charge < -0.3 is 35.0 Å². The van der Waals surface area contributed by atoms with Gasteiger partial charge in [0, 0.05) is 107 Å². The lowest BCUT2D eigenvalue weighted by atomic mass is 9.78. The van der Waals surface area contributed by atoms with Crippen LogP contribution in [0.4, 0.5) is 37.1 Å². The smallest absolute Gasteiger partial charge is 0.410 e. The van der Waals surface area contributed by atoms with E-state index in [2.05, 4.69) is 54.5 Å². The van der Waals surface area contributed by atoms with E-state index in [9.17, 15) is 24.6 Å². The number of aryl methyl sites for hydroxylation is 2. The van der Waals surface area contributed by atoms with Crippen LogP contribution in [0.3, 0.4) is 0 Å². The summed E-state index contributed by atoms with van der Waals surface area (Å²) in [6.07, 6.45) is 7.68. The molecule has 392 valence electrons. The fourth-order valence-electron chi connectivity index (χ4n) is 11.3. The number of nitrogens with two attached hydrogens (primary N) is 1. The molecule has 5 fully saturated rings. The topological polar surface area (TPSA) is 263 Å². The number of anilines is 4. The number of ether oxygens (including phenoxy) is 1. The van der Waals surface area contributed by atoms with Crippen LogP contribution in [0.2, 0.25) is 0 Å². The van der Waals surface area contributed by atoms with Gasteiger partial charge in [0.1, 0.15) is 29.2 Å². The Morgan fingerprint density at radius 2 is 1.68 bits per heavy atom. The van der Waals surface area contributed by atoms with Crippen LogP contribution in [0.1, 0.15) is 113 Å². The summed E-state index contributed by atoms with van der Waals surface area (Å²) in [7, 11) is 1.65. The first-order valence-electron chi connectivity index (χ1n) is 25.7. The number of aromatic nitrogens is 7. The number of carbonyl (C=O) groups is 4. The van der Waals surface area contributed by atoms with Crippen molar-refractivity contribution in [1.82, 2.24) is 54.9 Å². The normalized spacial score (nSPS) is 18.6. The van der Waals surface area contributed by atoms with E-state index >= 15 is 4.39 Å². The summed E-state index contributed by atoms with van der Waals surface area (Å²) >= 11 is 0. The molecule has 23 heteroatoms. The number of carbonyl (C=O) groups excluding carboxylic acids is 4. The molecule has 5 amide bonds. The zero-order valence-electron chi connectivity index (χ0n) is 42.9. The number of rotatable bonds is 13. The molecule has 0 unspecified atom stereocenters. The second-order valence-electron chi connectivity index (χ2n) is 21.0. The first-order valence-corrected chi connectivity index (χ1v) is 25.7. The molecule has 74 heavy (non-hydrogen) atoms. The highest BCUT2D eigenvalue weighted by atomic mass is 19.1. The van der Waals surface area contributed by atoms with Gasteiger partial charge in [-0.3, -0.25) is 34.8 Å². The monoisotopic (exact) mass is 1020 g/mol. The van der Waals surface area contributed by atoms with Crippen molar-refractivity contribution >= 4 is 63.7 Å². The quantitative estimate of drug-likeness (QED) is 0.105. The molecule has 0 radical (unpaired) electrons. The van der Waals surface area contributed by atoms with Crippen LogP contribution in [-0.2, 0) is 21.4 Å². The SMILES string of the molecule is Cc1nc(-c2c(C(=N)c3c(N)ncnc3NC(C)C)noc2C2CC2)ncc1C1CCN(C(=O)OCC(=O)N2CCC(C(C)(C)N3CCN(c4ccc5c(N6CCC(=O)NC6=O)nn(C)c5c4F)CC3)CC2)CC1. The van der Waals surface area contributed by atoms with Crippen molar-refractivity contribution in [3.63, 3.8) is 0 Å². The molecule has 1 aromatic carbocycles. The number of hydrogen-bond donors (Lipinski definition) is 4. The summed E-state index contributed by atoms with van der Waals surface area (Å²) in [6, 6.07) is 3.01. The molecular weight excluding hydrogens is 952 g/mol. The molecule has 5 N–H and O–H groups in total. The lowest BCUT2D eigenvalue weighted by Crippen LogP contribution is -2.59.